The molecule has 0 aliphatic carbocycles. The molecule has 3 rings (SSSR count). The third-order valence-corrected chi connectivity index (χ3v) is 3.64. The van der Waals surface area contributed by atoms with Crippen LogP contribution in [-0.2, 0) is 0 Å². The van der Waals surface area contributed by atoms with Gasteiger partial charge in [0.2, 0.25) is 0 Å². The number of rotatable bonds is 4. The second kappa shape index (κ2) is 6.79. The summed E-state index contributed by atoms with van der Waals surface area (Å²) in [6.45, 7) is 0. The first kappa shape index (κ1) is 15.5. The normalized spacial score (nSPS) is 10.2. The Morgan fingerprint density at radius 2 is 1.21 bits per heavy atom. The molecule has 0 fully saturated rings. The number of nitrogens with one attached hydrogen (secondary N) is 1. The predicted octanol–water partition coefficient (Wildman–Crippen LogP) is 2.97. The molecule has 118 valence electrons. The van der Waals surface area contributed by atoms with Gasteiger partial charge < -0.3 is 15.2 Å². The van der Waals surface area contributed by atoms with Gasteiger partial charge in [-0.25, -0.2) is 0 Å². The third-order valence-electron chi connectivity index (χ3n) is 3.64. The monoisotopic (exact) mass is 316 g/mol. The van der Waals surface area contributed by atoms with Crippen molar-refractivity contribution >= 4 is 17.6 Å². The van der Waals surface area contributed by atoms with Crippen LogP contribution in [0.25, 0.3) is 11.1 Å². The highest BCUT2D eigenvalue weighted by Crippen LogP contribution is 2.21. The van der Waals surface area contributed by atoms with Gasteiger partial charge in [0.15, 0.2) is 0 Å². The van der Waals surface area contributed by atoms with Crippen LogP contribution >= 0.6 is 0 Å². The van der Waals surface area contributed by atoms with Crippen LogP contribution in [0.5, 0.6) is 0 Å². The van der Waals surface area contributed by atoms with E-state index in [0.717, 1.165) is 11.1 Å². The number of hydrogen-bond donors (Lipinski definition) is 1. The highest BCUT2D eigenvalue weighted by Gasteiger charge is 2.11. The van der Waals surface area contributed by atoms with E-state index < -0.39 is 11.9 Å². The summed E-state index contributed by atoms with van der Waals surface area (Å²) in [6, 6.07) is 23.2. The predicted molar refractivity (Wildman–Crippen MR) is 90.6 cm³/mol. The van der Waals surface area contributed by atoms with E-state index in [1.807, 2.05) is 42.5 Å². The van der Waals surface area contributed by atoms with E-state index >= 15 is 0 Å². The van der Waals surface area contributed by atoms with Crippen LogP contribution in [-0.4, -0.2) is 11.9 Å². The molecule has 0 aromatic heterocycles. The molecular formula is C20H14NO3-. The lowest BCUT2D eigenvalue weighted by Gasteiger charge is -2.11. The fourth-order valence-corrected chi connectivity index (χ4v) is 2.43. The number of carbonyl (C=O) groups is 2. The number of benzene rings is 3. The lowest BCUT2D eigenvalue weighted by Crippen LogP contribution is -2.26. The van der Waals surface area contributed by atoms with Gasteiger partial charge in [-0.3, -0.25) is 4.79 Å². The molecule has 0 heterocycles. The first-order valence-corrected chi connectivity index (χ1v) is 7.42. The Kier molecular flexibility index (Phi) is 4.38. The van der Waals surface area contributed by atoms with E-state index in [1.165, 1.54) is 12.1 Å². The van der Waals surface area contributed by atoms with Gasteiger partial charge in [0.05, 0.1) is 5.97 Å². The van der Waals surface area contributed by atoms with Crippen molar-refractivity contribution in [2.45, 2.75) is 0 Å². The van der Waals surface area contributed by atoms with Crippen LogP contribution in [0.3, 0.4) is 0 Å². The van der Waals surface area contributed by atoms with Crippen molar-refractivity contribution in [2.24, 2.45) is 0 Å². The van der Waals surface area contributed by atoms with E-state index in [4.69, 9.17) is 0 Å². The highest BCUT2D eigenvalue weighted by molar-refractivity contribution is 6.10. The number of anilines is 1. The maximum atomic E-state index is 12.3. The van der Waals surface area contributed by atoms with Crippen LogP contribution in [0.4, 0.5) is 5.69 Å². The van der Waals surface area contributed by atoms with Crippen molar-refractivity contribution in [2.75, 3.05) is 5.32 Å². The smallest absolute Gasteiger partial charge is 0.256 e. The fraction of sp³-hybridized carbons (Fsp3) is 0. The van der Waals surface area contributed by atoms with Crippen molar-refractivity contribution in [3.8, 4) is 11.1 Å². The molecular weight excluding hydrogens is 302 g/mol. The average Bonchev–Trinajstić information content (AvgIpc) is 2.63. The summed E-state index contributed by atoms with van der Waals surface area (Å²) in [5, 5.41) is 13.8. The lowest BCUT2D eigenvalue weighted by atomic mass is 10.0. The van der Waals surface area contributed by atoms with Crippen LogP contribution in [0.1, 0.15) is 20.7 Å². The maximum absolute atomic E-state index is 12.3. The molecule has 0 saturated carbocycles. The van der Waals surface area contributed by atoms with Gasteiger partial charge in [-0.2, -0.15) is 0 Å². The van der Waals surface area contributed by atoms with E-state index in [9.17, 15) is 14.7 Å². The number of amides is 1. The van der Waals surface area contributed by atoms with Crippen LogP contribution in [0.2, 0.25) is 0 Å². The molecule has 24 heavy (non-hydrogen) atoms. The Morgan fingerprint density at radius 3 is 1.83 bits per heavy atom. The Bertz CT molecular complexity index is 871. The van der Waals surface area contributed by atoms with Gasteiger partial charge >= 0.3 is 0 Å². The largest absolute Gasteiger partial charge is 0.545 e. The zero-order valence-corrected chi connectivity index (χ0v) is 12.7. The van der Waals surface area contributed by atoms with Crippen LogP contribution in [0, 0.1) is 0 Å². The SMILES string of the molecule is O=C([O-])c1ccccc1C(=O)Nc1ccc(-c2ccccc2)cc1. The summed E-state index contributed by atoms with van der Waals surface area (Å²) < 4.78 is 0. The topological polar surface area (TPSA) is 69.2 Å². The van der Waals surface area contributed by atoms with Crippen molar-refractivity contribution in [1.82, 2.24) is 0 Å². The minimum atomic E-state index is -1.37. The number of carboxylic acid groups (broad SMARTS) is 1. The lowest BCUT2D eigenvalue weighted by molar-refractivity contribution is -0.255. The van der Waals surface area contributed by atoms with E-state index in [0.29, 0.717) is 5.69 Å². The quantitative estimate of drug-likeness (QED) is 0.804. The molecule has 0 saturated heterocycles. The molecule has 3 aromatic rings. The second-order valence-electron chi connectivity index (χ2n) is 5.23. The molecule has 4 heteroatoms. The molecule has 0 spiro atoms. The summed E-state index contributed by atoms with van der Waals surface area (Å²) in [5.41, 5.74) is 2.65. The first-order valence-electron chi connectivity index (χ1n) is 7.42. The Labute approximate surface area is 139 Å². The Hall–Kier alpha value is -3.40. The molecule has 1 N–H and O–H groups in total. The number of hydrogen-bond acceptors (Lipinski definition) is 3. The average molecular weight is 316 g/mol. The second-order valence-corrected chi connectivity index (χ2v) is 5.23. The standard InChI is InChI=1S/C20H15NO3/c22-19(17-8-4-5-9-18(17)20(23)24)21-16-12-10-15(11-13-16)14-6-2-1-3-7-14/h1-13H,(H,21,22)(H,23,24)/p-1. The zero-order chi connectivity index (χ0) is 16.9. The van der Waals surface area contributed by atoms with Crippen molar-refractivity contribution in [3.63, 3.8) is 0 Å². The first-order chi connectivity index (χ1) is 11.6. The minimum Gasteiger partial charge on any atom is -0.545 e. The number of aromatic carboxylic acids is 1. The summed E-state index contributed by atoms with van der Waals surface area (Å²) in [6.07, 6.45) is 0. The zero-order valence-electron chi connectivity index (χ0n) is 12.7. The highest BCUT2D eigenvalue weighted by atomic mass is 16.4. The van der Waals surface area contributed by atoms with Gasteiger partial charge in [-0.1, -0.05) is 60.7 Å². The summed E-state index contributed by atoms with van der Waals surface area (Å²) >= 11 is 0. The van der Waals surface area contributed by atoms with Gasteiger partial charge in [-0.15, -0.1) is 0 Å². The van der Waals surface area contributed by atoms with Crippen LogP contribution < -0.4 is 10.4 Å². The maximum Gasteiger partial charge on any atom is 0.256 e. The molecule has 0 unspecified atom stereocenters. The van der Waals surface area contributed by atoms with Crippen molar-refractivity contribution in [3.05, 3.63) is 90.0 Å². The van der Waals surface area contributed by atoms with Crippen molar-refractivity contribution in [1.29, 1.82) is 0 Å². The molecule has 1 amide bonds. The molecule has 0 bridgehead atoms. The molecule has 4 nitrogen and oxygen atoms in total. The third kappa shape index (κ3) is 3.33. The van der Waals surface area contributed by atoms with Gasteiger partial charge in [0.25, 0.3) is 5.91 Å². The molecule has 0 aliphatic rings. The van der Waals surface area contributed by atoms with E-state index in [1.54, 1.807) is 24.3 Å². The van der Waals surface area contributed by atoms with Crippen molar-refractivity contribution < 1.29 is 14.7 Å². The van der Waals surface area contributed by atoms with Crippen LogP contribution in [0.15, 0.2) is 78.9 Å². The van der Waals surface area contributed by atoms with Gasteiger partial charge in [0.1, 0.15) is 0 Å². The fourth-order valence-electron chi connectivity index (χ4n) is 2.43. The Balaban J connectivity index is 1.80. The summed E-state index contributed by atoms with van der Waals surface area (Å²) in [5.74, 6) is -1.86. The molecule has 0 atom stereocenters. The summed E-state index contributed by atoms with van der Waals surface area (Å²) in [4.78, 5) is 23.4. The van der Waals surface area contributed by atoms with E-state index in [-0.39, 0.29) is 11.1 Å². The molecule has 3 aromatic carbocycles. The van der Waals surface area contributed by atoms with E-state index in [2.05, 4.69) is 5.32 Å². The van der Waals surface area contributed by atoms with Gasteiger partial charge in [-0.05, 0) is 29.3 Å². The Morgan fingerprint density at radius 1 is 0.667 bits per heavy atom. The van der Waals surface area contributed by atoms with Gasteiger partial charge in [0, 0.05) is 16.8 Å². The minimum absolute atomic E-state index is 0.0737. The summed E-state index contributed by atoms with van der Waals surface area (Å²) in [7, 11) is 0. The number of carboxylic acids is 1. The molecule has 0 radical (unpaired) electrons. The number of carbonyl (C=O) groups excluding carboxylic acids is 2. The molecule has 0 aliphatic heterocycles.